The summed E-state index contributed by atoms with van der Waals surface area (Å²) in [4.78, 5) is 37.2. The molecule has 0 bridgehead atoms. The summed E-state index contributed by atoms with van der Waals surface area (Å²) in [5.74, 6) is -3.44. The third kappa shape index (κ3) is 5.72. The second-order valence-electron chi connectivity index (χ2n) is 9.94. The van der Waals surface area contributed by atoms with E-state index in [1.165, 1.54) is 18.9 Å². The van der Waals surface area contributed by atoms with Gasteiger partial charge in [0.15, 0.2) is 0 Å². The molecule has 1 aromatic carbocycles. The number of carbonyl (C=O) groups excluding carboxylic acids is 2. The van der Waals surface area contributed by atoms with Gasteiger partial charge in [-0.3, -0.25) is 19.5 Å². The second-order valence-corrected chi connectivity index (χ2v) is 9.94. The molecule has 2 N–H and O–H groups in total. The average Bonchev–Trinajstić information content (AvgIpc) is 3.62. The minimum atomic E-state index is -0.876. The molecule has 3 atom stereocenters. The van der Waals surface area contributed by atoms with Crippen molar-refractivity contribution in [2.24, 2.45) is 5.92 Å². The van der Waals surface area contributed by atoms with Crippen molar-refractivity contribution in [3.05, 3.63) is 65.7 Å². The highest BCUT2D eigenvalue weighted by atomic mass is 19.1. The van der Waals surface area contributed by atoms with Gasteiger partial charge in [0.2, 0.25) is 5.91 Å². The molecule has 9 nitrogen and oxygen atoms in total. The number of rotatable bonds is 7. The Kier molecular flexibility index (Phi) is 7.73. The standard InChI is InChI=1S/C27H30F2N6O3/c1-16(22-8-4-5-12-30-22)31-25(36)20-15-35(18-6-2-3-7-18)13-11-23(20)32-26(37)24-33-27(38-34-24)19-10-9-17(28)14-21(19)29/h4-5,8-10,12,14,16,18,20,23H,2-3,6-7,11,13,15H2,1H3,(H,31,36)(H,32,37)/t16-,20-,23-/m1/s1. The number of aromatic nitrogens is 3. The van der Waals surface area contributed by atoms with Gasteiger partial charge in [-0.25, -0.2) is 8.78 Å². The smallest absolute Gasteiger partial charge is 0.292 e. The van der Waals surface area contributed by atoms with Crippen molar-refractivity contribution in [3.8, 4) is 11.5 Å². The summed E-state index contributed by atoms with van der Waals surface area (Å²) in [6.45, 7) is 3.16. The van der Waals surface area contributed by atoms with E-state index in [9.17, 15) is 18.4 Å². The molecule has 0 spiro atoms. The van der Waals surface area contributed by atoms with Crippen molar-refractivity contribution in [2.45, 2.75) is 57.2 Å². The van der Waals surface area contributed by atoms with Crippen LogP contribution in [0, 0.1) is 17.6 Å². The van der Waals surface area contributed by atoms with Gasteiger partial charge in [0.25, 0.3) is 17.6 Å². The quantitative estimate of drug-likeness (QED) is 0.485. The zero-order valence-corrected chi connectivity index (χ0v) is 21.1. The third-order valence-corrected chi connectivity index (χ3v) is 7.42. The van der Waals surface area contributed by atoms with E-state index in [0.717, 1.165) is 31.1 Å². The second kappa shape index (κ2) is 11.3. The Morgan fingerprint density at radius 1 is 1.13 bits per heavy atom. The molecule has 11 heteroatoms. The first-order chi connectivity index (χ1) is 18.4. The fraction of sp³-hybridized carbons (Fsp3) is 0.444. The van der Waals surface area contributed by atoms with Crippen molar-refractivity contribution < 1.29 is 22.9 Å². The monoisotopic (exact) mass is 524 g/mol. The number of amides is 2. The number of pyridine rings is 1. The van der Waals surface area contributed by atoms with Crippen LogP contribution in [0.25, 0.3) is 11.5 Å². The molecule has 1 aliphatic carbocycles. The predicted molar refractivity (Wildman–Crippen MR) is 134 cm³/mol. The van der Waals surface area contributed by atoms with Crippen molar-refractivity contribution in [1.82, 2.24) is 30.7 Å². The molecule has 3 heterocycles. The molecule has 38 heavy (non-hydrogen) atoms. The summed E-state index contributed by atoms with van der Waals surface area (Å²) < 4.78 is 32.4. The van der Waals surface area contributed by atoms with E-state index in [-0.39, 0.29) is 29.2 Å². The first kappa shape index (κ1) is 25.9. The molecular formula is C27H30F2N6O3. The predicted octanol–water partition coefficient (Wildman–Crippen LogP) is 3.65. The Morgan fingerprint density at radius 3 is 2.68 bits per heavy atom. The van der Waals surface area contributed by atoms with E-state index >= 15 is 0 Å². The summed E-state index contributed by atoms with van der Waals surface area (Å²) in [5.41, 5.74) is 0.640. The molecule has 1 saturated carbocycles. The minimum absolute atomic E-state index is 0.108. The Labute approximate surface area is 219 Å². The fourth-order valence-electron chi connectivity index (χ4n) is 5.36. The molecule has 1 aliphatic heterocycles. The van der Waals surface area contributed by atoms with Crippen molar-refractivity contribution >= 4 is 11.8 Å². The highest BCUT2D eigenvalue weighted by Crippen LogP contribution is 2.29. The van der Waals surface area contributed by atoms with Gasteiger partial charge in [0.1, 0.15) is 11.6 Å². The maximum absolute atomic E-state index is 14.1. The van der Waals surface area contributed by atoms with Gasteiger partial charge < -0.3 is 15.2 Å². The Morgan fingerprint density at radius 2 is 1.95 bits per heavy atom. The van der Waals surface area contributed by atoms with Crippen LogP contribution in [0.3, 0.4) is 0 Å². The molecule has 2 fully saturated rings. The van der Waals surface area contributed by atoms with Gasteiger partial charge in [-0.2, -0.15) is 4.98 Å². The van der Waals surface area contributed by atoms with Gasteiger partial charge in [-0.15, -0.1) is 0 Å². The summed E-state index contributed by atoms with van der Waals surface area (Å²) in [6, 6.07) is 8.16. The van der Waals surface area contributed by atoms with E-state index in [2.05, 4.69) is 30.7 Å². The lowest BCUT2D eigenvalue weighted by atomic mass is 9.89. The summed E-state index contributed by atoms with van der Waals surface area (Å²) in [6.07, 6.45) is 6.85. The molecule has 3 aromatic rings. The zero-order chi connectivity index (χ0) is 26.6. The number of halogens is 2. The number of hydrogen-bond donors (Lipinski definition) is 2. The molecule has 0 radical (unpaired) electrons. The van der Waals surface area contributed by atoms with Crippen LogP contribution in [-0.2, 0) is 4.79 Å². The first-order valence-electron chi connectivity index (χ1n) is 12.9. The topological polar surface area (TPSA) is 113 Å². The Balaban J connectivity index is 1.30. The SMILES string of the molecule is C[C@@H](NC(=O)[C@@H]1CN(C2CCCC2)CC[C@H]1NC(=O)c1noc(-c2ccc(F)cc2F)n1)c1ccccn1. The summed E-state index contributed by atoms with van der Waals surface area (Å²) >= 11 is 0. The number of carbonyl (C=O) groups is 2. The van der Waals surface area contributed by atoms with Gasteiger partial charge in [-0.05, 0) is 50.5 Å². The Bertz CT molecular complexity index is 1280. The highest BCUT2D eigenvalue weighted by molar-refractivity contribution is 5.91. The molecule has 2 aliphatic rings. The maximum atomic E-state index is 14.1. The average molecular weight is 525 g/mol. The number of likely N-dealkylation sites (tertiary alicyclic amines) is 1. The minimum Gasteiger partial charge on any atom is -0.348 e. The Hall–Kier alpha value is -3.73. The largest absolute Gasteiger partial charge is 0.348 e. The normalized spacial score (nSPS) is 21.2. The van der Waals surface area contributed by atoms with Crippen LogP contribution in [0.1, 0.15) is 61.4 Å². The summed E-state index contributed by atoms with van der Waals surface area (Å²) in [5, 5.41) is 9.63. The van der Waals surface area contributed by atoms with Crippen LogP contribution in [0.2, 0.25) is 0 Å². The lowest BCUT2D eigenvalue weighted by Crippen LogP contribution is -2.57. The summed E-state index contributed by atoms with van der Waals surface area (Å²) in [7, 11) is 0. The third-order valence-electron chi connectivity index (χ3n) is 7.42. The molecular weight excluding hydrogens is 494 g/mol. The molecule has 200 valence electrons. The van der Waals surface area contributed by atoms with E-state index in [1.807, 2.05) is 25.1 Å². The van der Waals surface area contributed by atoms with Gasteiger partial charge >= 0.3 is 0 Å². The molecule has 2 aromatic heterocycles. The number of nitrogens with zero attached hydrogens (tertiary/aromatic N) is 4. The first-order valence-corrected chi connectivity index (χ1v) is 12.9. The van der Waals surface area contributed by atoms with E-state index < -0.39 is 29.5 Å². The van der Waals surface area contributed by atoms with Crippen LogP contribution in [0.5, 0.6) is 0 Å². The molecule has 1 saturated heterocycles. The number of benzene rings is 1. The van der Waals surface area contributed by atoms with Crippen molar-refractivity contribution in [1.29, 1.82) is 0 Å². The maximum Gasteiger partial charge on any atom is 0.292 e. The number of hydrogen-bond acceptors (Lipinski definition) is 7. The number of nitrogens with one attached hydrogen (secondary N) is 2. The van der Waals surface area contributed by atoms with Crippen LogP contribution in [0.4, 0.5) is 8.78 Å². The zero-order valence-electron chi connectivity index (χ0n) is 21.1. The van der Waals surface area contributed by atoms with E-state index in [1.54, 1.807) is 6.20 Å². The fourth-order valence-corrected chi connectivity index (χ4v) is 5.36. The van der Waals surface area contributed by atoms with Crippen LogP contribution < -0.4 is 10.6 Å². The van der Waals surface area contributed by atoms with Gasteiger partial charge in [0, 0.05) is 37.4 Å². The number of piperidine rings is 1. The van der Waals surface area contributed by atoms with Crippen molar-refractivity contribution in [3.63, 3.8) is 0 Å². The van der Waals surface area contributed by atoms with Gasteiger partial charge in [-0.1, -0.05) is 24.1 Å². The van der Waals surface area contributed by atoms with Crippen LogP contribution in [-0.4, -0.2) is 57.0 Å². The van der Waals surface area contributed by atoms with E-state index in [4.69, 9.17) is 4.52 Å². The molecule has 2 amide bonds. The molecule has 5 rings (SSSR count). The van der Waals surface area contributed by atoms with Gasteiger partial charge in [0.05, 0.1) is 23.2 Å². The lowest BCUT2D eigenvalue weighted by molar-refractivity contribution is -0.128. The van der Waals surface area contributed by atoms with Crippen LogP contribution >= 0.6 is 0 Å². The lowest BCUT2D eigenvalue weighted by Gasteiger charge is -2.41. The highest BCUT2D eigenvalue weighted by Gasteiger charge is 2.39. The van der Waals surface area contributed by atoms with Crippen molar-refractivity contribution in [2.75, 3.05) is 13.1 Å². The van der Waals surface area contributed by atoms with Crippen LogP contribution in [0.15, 0.2) is 47.1 Å². The molecule has 0 unspecified atom stereocenters. The van der Waals surface area contributed by atoms with E-state index in [0.29, 0.717) is 25.1 Å².